The lowest BCUT2D eigenvalue weighted by molar-refractivity contribution is -0.504. The van der Waals surface area contributed by atoms with E-state index in [9.17, 15) is 10.1 Å². The van der Waals surface area contributed by atoms with Crippen LogP contribution in [0.2, 0.25) is 0 Å². The predicted octanol–water partition coefficient (Wildman–Crippen LogP) is 1.23. The van der Waals surface area contributed by atoms with Gasteiger partial charge >= 0.3 is 0 Å². The van der Waals surface area contributed by atoms with Gasteiger partial charge in [-0.05, 0) is 13.0 Å². The SMILES string of the molecule is CC=CC(C)[N+](=O)[O-]. The summed E-state index contributed by atoms with van der Waals surface area (Å²) in [6.07, 6.45) is 3.22. The first kappa shape index (κ1) is 7.14. The van der Waals surface area contributed by atoms with Gasteiger partial charge in [0.05, 0.1) is 0 Å². The predicted molar refractivity (Wildman–Crippen MR) is 31.3 cm³/mol. The zero-order valence-corrected chi connectivity index (χ0v) is 5.00. The molecule has 0 spiro atoms. The third kappa shape index (κ3) is 2.34. The maximum absolute atomic E-state index is 9.84. The van der Waals surface area contributed by atoms with Crippen LogP contribution in [0, 0.1) is 10.1 Å². The number of allylic oxidation sites excluding steroid dienone is 1. The Bertz CT molecular complexity index is 109. The highest BCUT2D eigenvalue weighted by Gasteiger charge is 2.04. The first-order chi connectivity index (χ1) is 3.68. The van der Waals surface area contributed by atoms with Crippen LogP contribution in [-0.2, 0) is 0 Å². The van der Waals surface area contributed by atoms with Gasteiger partial charge in [-0.3, -0.25) is 10.1 Å². The smallest absolute Gasteiger partial charge is 0.228 e. The Morgan fingerprint density at radius 1 is 1.75 bits per heavy atom. The minimum absolute atomic E-state index is 0.333. The molecular weight excluding hydrogens is 106 g/mol. The third-order valence-corrected chi connectivity index (χ3v) is 0.804. The van der Waals surface area contributed by atoms with Crippen molar-refractivity contribution in [1.82, 2.24) is 0 Å². The number of nitrogens with zero attached hydrogens (tertiary/aromatic N) is 1. The summed E-state index contributed by atoms with van der Waals surface area (Å²) in [4.78, 5) is 9.51. The zero-order valence-electron chi connectivity index (χ0n) is 5.00. The second kappa shape index (κ2) is 3.18. The fourth-order valence-electron chi connectivity index (χ4n) is 0.349. The molecule has 1 unspecified atom stereocenters. The van der Waals surface area contributed by atoms with E-state index >= 15 is 0 Å². The Kier molecular flexibility index (Phi) is 2.84. The van der Waals surface area contributed by atoms with Gasteiger partial charge in [-0.2, -0.15) is 0 Å². The van der Waals surface area contributed by atoms with Crippen molar-refractivity contribution in [3.05, 3.63) is 22.3 Å². The molecule has 0 aromatic heterocycles. The van der Waals surface area contributed by atoms with Crippen molar-refractivity contribution in [2.45, 2.75) is 19.9 Å². The van der Waals surface area contributed by atoms with E-state index in [2.05, 4.69) is 0 Å². The van der Waals surface area contributed by atoms with Gasteiger partial charge in [0.1, 0.15) is 0 Å². The van der Waals surface area contributed by atoms with Gasteiger partial charge < -0.3 is 0 Å². The highest BCUT2D eigenvalue weighted by Crippen LogP contribution is 1.88. The maximum atomic E-state index is 9.84. The number of hydrogen-bond donors (Lipinski definition) is 0. The van der Waals surface area contributed by atoms with Crippen LogP contribution >= 0.6 is 0 Å². The molecule has 0 amide bonds. The van der Waals surface area contributed by atoms with Crippen LogP contribution in [0.4, 0.5) is 0 Å². The van der Waals surface area contributed by atoms with E-state index in [1.54, 1.807) is 26.0 Å². The van der Waals surface area contributed by atoms with Crippen molar-refractivity contribution in [2.24, 2.45) is 0 Å². The van der Waals surface area contributed by atoms with Crippen LogP contribution in [0.15, 0.2) is 12.2 Å². The minimum atomic E-state index is -0.542. The average molecular weight is 115 g/mol. The lowest BCUT2D eigenvalue weighted by Gasteiger charge is -1.92. The molecule has 0 aliphatic rings. The van der Waals surface area contributed by atoms with E-state index in [1.807, 2.05) is 0 Å². The number of nitro groups is 1. The molecule has 0 heterocycles. The maximum Gasteiger partial charge on any atom is 0.228 e. The summed E-state index contributed by atoms with van der Waals surface area (Å²) in [5.41, 5.74) is 0. The fraction of sp³-hybridized carbons (Fsp3) is 0.600. The van der Waals surface area contributed by atoms with Gasteiger partial charge in [0.2, 0.25) is 6.04 Å². The van der Waals surface area contributed by atoms with Crippen LogP contribution in [0.25, 0.3) is 0 Å². The molecule has 0 N–H and O–H groups in total. The number of hydrogen-bond acceptors (Lipinski definition) is 2. The van der Waals surface area contributed by atoms with Crippen LogP contribution in [0.1, 0.15) is 13.8 Å². The molecule has 46 valence electrons. The minimum Gasteiger partial charge on any atom is -0.264 e. The normalized spacial score (nSPS) is 14.2. The molecule has 0 aromatic rings. The first-order valence-corrected chi connectivity index (χ1v) is 2.44. The summed E-state index contributed by atoms with van der Waals surface area (Å²) < 4.78 is 0. The summed E-state index contributed by atoms with van der Waals surface area (Å²) in [5, 5.41) is 9.84. The van der Waals surface area contributed by atoms with Crippen LogP contribution in [0.3, 0.4) is 0 Å². The molecule has 3 nitrogen and oxygen atoms in total. The second-order valence-electron chi connectivity index (χ2n) is 1.55. The largest absolute Gasteiger partial charge is 0.264 e. The van der Waals surface area contributed by atoms with Crippen molar-refractivity contribution in [3.8, 4) is 0 Å². The monoisotopic (exact) mass is 115 g/mol. The van der Waals surface area contributed by atoms with Gasteiger partial charge in [-0.15, -0.1) is 0 Å². The van der Waals surface area contributed by atoms with Gasteiger partial charge in [-0.1, -0.05) is 6.08 Å². The van der Waals surface area contributed by atoms with Gasteiger partial charge in [0.15, 0.2) is 0 Å². The molecule has 1 atom stereocenters. The summed E-state index contributed by atoms with van der Waals surface area (Å²) in [5.74, 6) is 0. The van der Waals surface area contributed by atoms with Crippen molar-refractivity contribution in [2.75, 3.05) is 0 Å². The van der Waals surface area contributed by atoms with E-state index in [0.717, 1.165) is 0 Å². The molecule has 0 saturated carbocycles. The molecule has 0 aliphatic heterocycles. The Hall–Kier alpha value is -0.860. The standard InChI is InChI=1S/C5H9NO2/c1-3-4-5(2)6(7)8/h3-5H,1-2H3. The topological polar surface area (TPSA) is 43.1 Å². The molecule has 3 heteroatoms. The van der Waals surface area contributed by atoms with E-state index in [1.165, 1.54) is 0 Å². The second-order valence-corrected chi connectivity index (χ2v) is 1.55. The molecule has 0 fully saturated rings. The van der Waals surface area contributed by atoms with E-state index < -0.39 is 6.04 Å². The molecule has 0 aliphatic carbocycles. The van der Waals surface area contributed by atoms with Gasteiger partial charge in [0, 0.05) is 11.8 Å². The molecule has 0 saturated heterocycles. The molecule has 0 rings (SSSR count). The van der Waals surface area contributed by atoms with E-state index in [0.29, 0.717) is 0 Å². The van der Waals surface area contributed by atoms with E-state index in [4.69, 9.17) is 0 Å². The Labute approximate surface area is 48.2 Å². The Balaban J connectivity index is 3.64. The fourth-order valence-corrected chi connectivity index (χ4v) is 0.349. The summed E-state index contributed by atoms with van der Waals surface area (Å²) >= 11 is 0. The lowest BCUT2D eigenvalue weighted by Crippen LogP contribution is -2.10. The molecule has 8 heavy (non-hydrogen) atoms. The molecular formula is C5H9NO2. The van der Waals surface area contributed by atoms with Gasteiger partial charge in [-0.25, -0.2) is 0 Å². The third-order valence-electron chi connectivity index (χ3n) is 0.804. The first-order valence-electron chi connectivity index (χ1n) is 2.44. The summed E-state index contributed by atoms with van der Waals surface area (Å²) in [7, 11) is 0. The Morgan fingerprint density at radius 2 is 2.25 bits per heavy atom. The number of rotatable bonds is 2. The Morgan fingerprint density at radius 3 is 2.38 bits per heavy atom. The summed E-state index contributed by atoms with van der Waals surface area (Å²) in [6, 6.07) is -0.542. The zero-order chi connectivity index (χ0) is 6.57. The lowest BCUT2D eigenvalue weighted by atomic mass is 10.3. The van der Waals surface area contributed by atoms with Crippen LogP contribution < -0.4 is 0 Å². The van der Waals surface area contributed by atoms with Crippen molar-refractivity contribution < 1.29 is 4.92 Å². The van der Waals surface area contributed by atoms with Crippen LogP contribution in [-0.4, -0.2) is 11.0 Å². The molecule has 0 bridgehead atoms. The van der Waals surface area contributed by atoms with Gasteiger partial charge in [0.25, 0.3) is 0 Å². The van der Waals surface area contributed by atoms with Crippen LogP contribution in [0.5, 0.6) is 0 Å². The highest BCUT2D eigenvalue weighted by atomic mass is 16.6. The van der Waals surface area contributed by atoms with Crippen molar-refractivity contribution >= 4 is 0 Å². The summed E-state index contributed by atoms with van der Waals surface area (Å²) in [6.45, 7) is 3.31. The van der Waals surface area contributed by atoms with Crippen molar-refractivity contribution in [1.29, 1.82) is 0 Å². The molecule has 0 radical (unpaired) electrons. The quantitative estimate of drug-likeness (QED) is 0.308. The molecule has 0 aromatic carbocycles. The highest BCUT2D eigenvalue weighted by molar-refractivity contribution is 4.82. The van der Waals surface area contributed by atoms with Crippen molar-refractivity contribution in [3.63, 3.8) is 0 Å². The average Bonchev–Trinajstić information content (AvgIpc) is 1.67. The van der Waals surface area contributed by atoms with E-state index in [-0.39, 0.29) is 4.92 Å².